The minimum absolute atomic E-state index is 0.00493. The quantitative estimate of drug-likeness (QED) is 0.471. The number of epoxide rings is 1. The van der Waals surface area contributed by atoms with Crippen LogP contribution in [0.15, 0.2) is 24.3 Å². The van der Waals surface area contributed by atoms with Gasteiger partial charge in [0, 0.05) is 22.6 Å². The highest BCUT2D eigenvalue weighted by atomic mass is 16.6. The molecule has 0 bridgehead atoms. The number of phenols is 1. The average Bonchev–Trinajstić information content (AvgIpc) is 3.54. The van der Waals surface area contributed by atoms with Gasteiger partial charge in [-0.3, -0.25) is 0 Å². The van der Waals surface area contributed by atoms with Crippen LogP contribution in [0.2, 0.25) is 0 Å². The van der Waals surface area contributed by atoms with Crippen molar-refractivity contribution in [1.82, 2.24) is 0 Å². The molecule has 3 rings (SSSR count). The summed E-state index contributed by atoms with van der Waals surface area (Å²) in [5.41, 5.74) is 6.74. The Labute approximate surface area is 195 Å². The highest BCUT2D eigenvalue weighted by Gasteiger charge is 2.30. The van der Waals surface area contributed by atoms with Gasteiger partial charge in [0.2, 0.25) is 0 Å². The first-order valence-electron chi connectivity index (χ1n) is 12.1. The average molecular weight is 439 g/mol. The molecular weight excluding hydrogens is 396 g/mol. The summed E-state index contributed by atoms with van der Waals surface area (Å²) in [4.78, 5) is 0. The number of aromatic hydroxyl groups is 1. The highest BCUT2D eigenvalue weighted by Crippen LogP contribution is 2.45. The summed E-state index contributed by atoms with van der Waals surface area (Å²) >= 11 is 0. The maximum Gasteiger partial charge on any atom is 0.126 e. The second-order valence-corrected chi connectivity index (χ2v) is 11.3. The standard InChI is InChI=1S/C29H42O3/c1-10-19-12-22(26(30)24(14-19)28(4,5)6)18(3)23-13-20(11-2)15-25(29(7,8)9)27(23)32-17-21-16-31-21/h12-15,18,21,30H,10-11,16-17H2,1-9H3. The lowest BCUT2D eigenvalue weighted by Crippen LogP contribution is -2.18. The van der Waals surface area contributed by atoms with Crippen LogP contribution in [0.3, 0.4) is 0 Å². The van der Waals surface area contributed by atoms with Crippen LogP contribution < -0.4 is 4.74 Å². The molecule has 2 unspecified atom stereocenters. The largest absolute Gasteiger partial charge is 0.507 e. The third-order valence-corrected chi connectivity index (χ3v) is 6.56. The van der Waals surface area contributed by atoms with Crippen LogP contribution in [0, 0.1) is 0 Å². The van der Waals surface area contributed by atoms with Gasteiger partial charge >= 0.3 is 0 Å². The SMILES string of the molecule is CCc1cc(C(C)c2cc(CC)cc(C(C)(C)C)c2OCC2CO2)c(O)c(C(C)(C)C)c1. The van der Waals surface area contributed by atoms with E-state index in [1.54, 1.807) is 0 Å². The van der Waals surface area contributed by atoms with E-state index < -0.39 is 0 Å². The molecule has 1 fully saturated rings. The van der Waals surface area contributed by atoms with Gasteiger partial charge in [0.25, 0.3) is 0 Å². The van der Waals surface area contributed by atoms with Gasteiger partial charge in [0.05, 0.1) is 6.61 Å². The normalized spacial score (nSPS) is 17.3. The van der Waals surface area contributed by atoms with Gasteiger partial charge in [-0.1, -0.05) is 86.6 Å². The Hall–Kier alpha value is -2.00. The van der Waals surface area contributed by atoms with Gasteiger partial charge in [-0.2, -0.15) is 0 Å². The molecule has 0 aromatic heterocycles. The predicted molar refractivity (Wildman–Crippen MR) is 133 cm³/mol. The fourth-order valence-corrected chi connectivity index (χ4v) is 4.29. The summed E-state index contributed by atoms with van der Waals surface area (Å²) in [5.74, 6) is 1.37. The highest BCUT2D eigenvalue weighted by molar-refractivity contribution is 5.56. The number of benzene rings is 2. The third-order valence-electron chi connectivity index (χ3n) is 6.56. The molecule has 1 aliphatic rings. The lowest BCUT2D eigenvalue weighted by Gasteiger charge is -2.29. The minimum Gasteiger partial charge on any atom is -0.507 e. The van der Waals surface area contributed by atoms with Gasteiger partial charge < -0.3 is 14.6 Å². The Balaban J connectivity index is 2.21. The van der Waals surface area contributed by atoms with E-state index in [2.05, 4.69) is 86.6 Å². The zero-order valence-electron chi connectivity index (χ0n) is 21.6. The molecular formula is C29H42O3. The molecule has 0 amide bonds. The summed E-state index contributed by atoms with van der Waals surface area (Å²) < 4.78 is 11.9. The van der Waals surface area contributed by atoms with E-state index in [9.17, 15) is 5.11 Å². The number of hydrogen-bond donors (Lipinski definition) is 1. The van der Waals surface area contributed by atoms with Crippen LogP contribution >= 0.6 is 0 Å². The molecule has 0 saturated carbocycles. The van der Waals surface area contributed by atoms with Gasteiger partial charge in [0.15, 0.2) is 0 Å². The molecule has 32 heavy (non-hydrogen) atoms. The van der Waals surface area contributed by atoms with Crippen molar-refractivity contribution in [2.45, 2.75) is 98.0 Å². The van der Waals surface area contributed by atoms with Crippen molar-refractivity contribution >= 4 is 0 Å². The molecule has 3 heteroatoms. The molecule has 1 N–H and O–H groups in total. The van der Waals surface area contributed by atoms with Crippen molar-refractivity contribution < 1.29 is 14.6 Å². The van der Waals surface area contributed by atoms with Crippen molar-refractivity contribution in [3.63, 3.8) is 0 Å². The van der Waals surface area contributed by atoms with E-state index in [-0.39, 0.29) is 22.9 Å². The van der Waals surface area contributed by atoms with Gasteiger partial charge in [-0.25, -0.2) is 0 Å². The number of aryl methyl sites for hydroxylation is 2. The topological polar surface area (TPSA) is 42.0 Å². The minimum atomic E-state index is -0.131. The molecule has 3 nitrogen and oxygen atoms in total. The fourth-order valence-electron chi connectivity index (χ4n) is 4.29. The van der Waals surface area contributed by atoms with Crippen molar-refractivity contribution in [2.24, 2.45) is 0 Å². The van der Waals surface area contributed by atoms with Gasteiger partial charge in [0.1, 0.15) is 24.2 Å². The number of rotatable bonds is 7. The zero-order chi connectivity index (χ0) is 23.8. The van der Waals surface area contributed by atoms with Crippen LogP contribution in [0.5, 0.6) is 11.5 Å². The van der Waals surface area contributed by atoms with Crippen molar-refractivity contribution in [2.75, 3.05) is 13.2 Å². The number of ether oxygens (including phenoxy) is 2. The lowest BCUT2D eigenvalue weighted by atomic mass is 9.78. The Bertz CT molecular complexity index is 956. The Morgan fingerprint density at radius 3 is 1.88 bits per heavy atom. The molecule has 1 aliphatic heterocycles. The Morgan fingerprint density at radius 1 is 0.906 bits per heavy atom. The molecule has 2 atom stereocenters. The second kappa shape index (κ2) is 9.09. The van der Waals surface area contributed by atoms with E-state index in [1.807, 2.05) is 0 Å². The molecule has 0 radical (unpaired) electrons. The van der Waals surface area contributed by atoms with E-state index in [0.717, 1.165) is 41.9 Å². The van der Waals surface area contributed by atoms with Crippen LogP contribution in [0.1, 0.15) is 102 Å². The summed E-state index contributed by atoms with van der Waals surface area (Å²) in [6, 6.07) is 8.91. The molecule has 0 aliphatic carbocycles. The monoisotopic (exact) mass is 438 g/mol. The van der Waals surface area contributed by atoms with Crippen molar-refractivity contribution in [3.05, 3.63) is 57.6 Å². The molecule has 2 aromatic carbocycles. The van der Waals surface area contributed by atoms with Gasteiger partial charge in [-0.15, -0.1) is 0 Å². The summed E-state index contributed by atoms with van der Waals surface area (Å²) in [6.07, 6.45) is 2.10. The smallest absolute Gasteiger partial charge is 0.126 e. The number of hydrogen-bond acceptors (Lipinski definition) is 3. The van der Waals surface area contributed by atoms with Crippen LogP contribution in [0.25, 0.3) is 0 Å². The zero-order valence-corrected chi connectivity index (χ0v) is 21.6. The first-order valence-corrected chi connectivity index (χ1v) is 12.1. The number of phenolic OH excluding ortho intramolecular Hbond substituents is 1. The summed E-state index contributed by atoms with van der Waals surface area (Å²) in [7, 11) is 0. The maximum atomic E-state index is 11.4. The van der Waals surface area contributed by atoms with Crippen molar-refractivity contribution in [1.29, 1.82) is 0 Å². The molecule has 0 spiro atoms. The molecule has 2 aromatic rings. The van der Waals surface area contributed by atoms with E-state index in [4.69, 9.17) is 9.47 Å². The predicted octanol–water partition coefficient (Wildman–Crippen LogP) is 7.04. The van der Waals surface area contributed by atoms with E-state index >= 15 is 0 Å². The van der Waals surface area contributed by atoms with E-state index in [1.165, 1.54) is 16.7 Å². The van der Waals surface area contributed by atoms with Crippen LogP contribution in [0.4, 0.5) is 0 Å². The Morgan fingerprint density at radius 2 is 1.41 bits per heavy atom. The first kappa shape index (κ1) is 24.6. The molecule has 1 heterocycles. The van der Waals surface area contributed by atoms with E-state index in [0.29, 0.717) is 12.4 Å². The third kappa shape index (κ3) is 5.31. The summed E-state index contributed by atoms with van der Waals surface area (Å²) in [6.45, 7) is 21.1. The maximum absolute atomic E-state index is 11.4. The molecule has 176 valence electrons. The second-order valence-electron chi connectivity index (χ2n) is 11.3. The Kier molecular flexibility index (Phi) is 7.00. The van der Waals surface area contributed by atoms with Gasteiger partial charge in [-0.05, 0) is 40.4 Å². The van der Waals surface area contributed by atoms with Crippen LogP contribution in [-0.4, -0.2) is 24.4 Å². The molecule has 1 saturated heterocycles. The lowest BCUT2D eigenvalue weighted by molar-refractivity contribution is 0.255. The van der Waals surface area contributed by atoms with Crippen LogP contribution in [-0.2, 0) is 28.4 Å². The van der Waals surface area contributed by atoms with Crippen molar-refractivity contribution in [3.8, 4) is 11.5 Å². The first-order chi connectivity index (χ1) is 14.9. The fraction of sp³-hybridized carbons (Fsp3) is 0.586. The summed E-state index contributed by atoms with van der Waals surface area (Å²) in [5, 5.41) is 11.4.